The number of rotatable bonds is 5. The Bertz CT molecular complexity index is 552. The fourth-order valence-electron chi connectivity index (χ4n) is 3.79. The van der Waals surface area contributed by atoms with Crippen molar-refractivity contribution < 1.29 is 14.3 Å². The quantitative estimate of drug-likeness (QED) is 0.891. The fourth-order valence-corrected chi connectivity index (χ4v) is 3.79. The molecule has 0 radical (unpaired) electrons. The smallest absolute Gasteiger partial charge is 0.256 e. The van der Waals surface area contributed by atoms with Crippen molar-refractivity contribution in [1.82, 2.24) is 15.2 Å². The number of ether oxygens (including phenoxy) is 2. The van der Waals surface area contributed by atoms with Gasteiger partial charge in [0.25, 0.3) is 5.91 Å². The number of nitrogens with one attached hydrogen (secondary N) is 1. The van der Waals surface area contributed by atoms with Crippen molar-refractivity contribution in [2.75, 3.05) is 40.0 Å². The second kappa shape index (κ2) is 7.94. The van der Waals surface area contributed by atoms with Gasteiger partial charge < -0.3 is 14.8 Å². The Morgan fingerprint density at radius 2 is 2.08 bits per heavy atom. The molecule has 2 saturated heterocycles. The predicted octanol–water partition coefficient (Wildman–Crippen LogP) is 1.86. The first-order chi connectivity index (χ1) is 11.7. The van der Waals surface area contributed by atoms with E-state index in [0.29, 0.717) is 18.0 Å². The van der Waals surface area contributed by atoms with Crippen LogP contribution in [0.4, 0.5) is 0 Å². The predicted molar refractivity (Wildman–Crippen MR) is 91.3 cm³/mol. The van der Waals surface area contributed by atoms with E-state index in [9.17, 15) is 4.79 Å². The van der Waals surface area contributed by atoms with Crippen molar-refractivity contribution in [3.8, 4) is 5.88 Å². The van der Waals surface area contributed by atoms with E-state index in [4.69, 9.17) is 9.47 Å². The van der Waals surface area contributed by atoms with Crippen molar-refractivity contribution >= 4 is 5.91 Å². The number of amides is 1. The Morgan fingerprint density at radius 1 is 1.33 bits per heavy atom. The zero-order valence-corrected chi connectivity index (χ0v) is 14.4. The molecule has 132 valence electrons. The molecule has 2 fully saturated rings. The summed E-state index contributed by atoms with van der Waals surface area (Å²) in [4.78, 5) is 19.3. The highest BCUT2D eigenvalue weighted by atomic mass is 16.5. The van der Waals surface area contributed by atoms with E-state index in [1.807, 2.05) is 0 Å². The van der Waals surface area contributed by atoms with E-state index in [2.05, 4.69) is 15.2 Å². The highest BCUT2D eigenvalue weighted by molar-refractivity contribution is 5.96. The standard InChI is InChI=1S/C18H27N3O3/c1-23-17-15(6-5-9-19-17)16(22)20-14-18(7-12-24-13-8-18)21-10-3-2-4-11-21/h5-6,9H,2-4,7-8,10-14H2,1H3,(H,20,22). The van der Waals surface area contributed by atoms with Crippen molar-refractivity contribution in [1.29, 1.82) is 0 Å². The molecule has 0 spiro atoms. The molecule has 3 rings (SSSR count). The van der Waals surface area contributed by atoms with Crippen LogP contribution in [0.5, 0.6) is 5.88 Å². The number of likely N-dealkylation sites (tertiary alicyclic amines) is 1. The summed E-state index contributed by atoms with van der Waals surface area (Å²) in [5.74, 6) is 0.247. The molecule has 0 aliphatic carbocycles. The van der Waals surface area contributed by atoms with Crippen LogP contribution in [0, 0.1) is 0 Å². The maximum Gasteiger partial charge on any atom is 0.256 e. The minimum atomic E-state index is -0.122. The summed E-state index contributed by atoms with van der Waals surface area (Å²) in [6, 6.07) is 3.50. The van der Waals surface area contributed by atoms with Gasteiger partial charge in [-0.3, -0.25) is 9.69 Å². The third-order valence-electron chi connectivity index (χ3n) is 5.24. The number of hydrogen-bond acceptors (Lipinski definition) is 5. The molecule has 2 aliphatic rings. The second-order valence-electron chi connectivity index (χ2n) is 6.63. The molecular weight excluding hydrogens is 306 g/mol. The number of carbonyl (C=O) groups excluding carboxylic acids is 1. The van der Waals surface area contributed by atoms with Crippen LogP contribution in [0.2, 0.25) is 0 Å². The number of aromatic nitrogens is 1. The summed E-state index contributed by atoms with van der Waals surface area (Å²) < 4.78 is 10.8. The van der Waals surface area contributed by atoms with E-state index in [1.54, 1.807) is 18.3 Å². The van der Waals surface area contributed by atoms with Gasteiger partial charge in [0, 0.05) is 31.5 Å². The lowest BCUT2D eigenvalue weighted by molar-refractivity contribution is -0.0349. The topological polar surface area (TPSA) is 63.7 Å². The first-order valence-electron chi connectivity index (χ1n) is 8.85. The lowest BCUT2D eigenvalue weighted by atomic mass is 9.86. The van der Waals surface area contributed by atoms with Gasteiger partial charge in [0.1, 0.15) is 5.56 Å². The van der Waals surface area contributed by atoms with Gasteiger partial charge in [0.15, 0.2) is 0 Å². The third kappa shape index (κ3) is 3.70. The molecule has 0 unspecified atom stereocenters. The van der Waals surface area contributed by atoms with Gasteiger partial charge in [-0.05, 0) is 50.9 Å². The van der Waals surface area contributed by atoms with Crippen LogP contribution in [0.1, 0.15) is 42.5 Å². The summed E-state index contributed by atoms with van der Waals surface area (Å²) in [7, 11) is 1.53. The van der Waals surface area contributed by atoms with Crippen LogP contribution in [-0.2, 0) is 4.74 Å². The van der Waals surface area contributed by atoms with Gasteiger partial charge >= 0.3 is 0 Å². The van der Waals surface area contributed by atoms with Crippen LogP contribution in [0.25, 0.3) is 0 Å². The van der Waals surface area contributed by atoms with Crippen molar-refractivity contribution in [2.45, 2.75) is 37.6 Å². The Morgan fingerprint density at radius 3 is 2.79 bits per heavy atom. The Balaban J connectivity index is 1.70. The monoisotopic (exact) mass is 333 g/mol. The second-order valence-corrected chi connectivity index (χ2v) is 6.63. The minimum Gasteiger partial charge on any atom is -0.480 e. The Kier molecular flexibility index (Phi) is 5.68. The lowest BCUT2D eigenvalue weighted by Gasteiger charge is -2.48. The maximum absolute atomic E-state index is 12.6. The Hall–Kier alpha value is -1.66. The largest absolute Gasteiger partial charge is 0.480 e. The molecule has 24 heavy (non-hydrogen) atoms. The molecule has 1 aromatic rings. The Labute approximate surface area is 143 Å². The summed E-state index contributed by atoms with van der Waals surface area (Å²) in [6.45, 7) is 4.41. The average molecular weight is 333 g/mol. The molecular formula is C18H27N3O3. The zero-order chi connectivity index (χ0) is 16.8. The molecule has 6 nitrogen and oxygen atoms in total. The van der Waals surface area contributed by atoms with E-state index >= 15 is 0 Å². The first kappa shape index (κ1) is 17.2. The zero-order valence-electron chi connectivity index (χ0n) is 14.4. The molecule has 2 aliphatic heterocycles. The van der Waals surface area contributed by atoms with E-state index in [-0.39, 0.29) is 11.4 Å². The van der Waals surface area contributed by atoms with Crippen LogP contribution >= 0.6 is 0 Å². The molecule has 1 N–H and O–H groups in total. The van der Waals surface area contributed by atoms with Gasteiger partial charge in [-0.15, -0.1) is 0 Å². The molecule has 0 bridgehead atoms. The van der Waals surface area contributed by atoms with Crippen molar-refractivity contribution in [3.63, 3.8) is 0 Å². The van der Waals surface area contributed by atoms with Crippen LogP contribution in [-0.4, -0.2) is 61.3 Å². The molecule has 3 heterocycles. The van der Waals surface area contributed by atoms with E-state index in [0.717, 1.165) is 39.1 Å². The van der Waals surface area contributed by atoms with Gasteiger partial charge in [0.2, 0.25) is 5.88 Å². The average Bonchev–Trinajstić information content (AvgIpc) is 2.67. The van der Waals surface area contributed by atoms with E-state index in [1.165, 1.54) is 26.4 Å². The van der Waals surface area contributed by atoms with Crippen LogP contribution in [0.15, 0.2) is 18.3 Å². The van der Waals surface area contributed by atoms with Gasteiger partial charge in [0.05, 0.1) is 7.11 Å². The molecule has 0 aromatic carbocycles. The van der Waals surface area contributed by atoms with Gasteiger partial charge in [-0.2, -0.15) is 0 Å². The lowest BCUT2D eigenvalue weighted by Crippen LogP contribution is -2.59. The van der Waals surface area contributed by atoms with E-state index < -0.39 is 0 Å². The molecule has 6 heteroatoms. The minimum absolute atomic E-state index is 0.0176. The molecule has 1 aromatic heterocycles. The molecule has 0 saturated carbocycles. The SMILES string of the molecule is COc1ncccc1C(=O)NCC1(N2CCCCC2)CCOCC1. The van der Waals surface area contributed by atoms with Gasteiger partial charge in [-0.1, -0.05) is 6.42 Å². The summed E-state index contributed by atoms with van der Waals surface area (Å²) >= 11 is 0. The maximum atomic E-state index is 12.6. The highest BCUT2D eigenvalue weighted by Crippen LogP contribution is 2.30. The number of pyridine rings is 1. The molecule has 0 atom stereocenters. The number of piperidine rings is 1. The normalized spacial score (nSPS) is 21.2. The summed E-state index contributed by atoms with van der Waals surface area (Å²) in [5.41, 5.74) is 0.505. The van der Waals surface area contributed by atoms with Crippen LogP contribution in [0.3, 0.4) is 0 Å². The fraction of sp³-hybridized carbons (Fsp3) is 0.667. The highest BCUT2D eigenvalue weighted by Gasteiger charge is 2.39. The third-order valence-corrected chi connectivity index (χ3v) is 5.24. The number of methoxy groups -OCH3 is 1. The number of hydrogen-bond donors (Lipinski definition) is 1. The summed E-state index contributed by atoms with van der Waals surface area (Å²) in [5, 5.41) is 3.13. The van der Waals surface area contributed by atoms with Gasteiger partial charge in [-0.25, -0.2) is 4.98 Å². The first-order valence-corrected chi connectivity index (χ1v) is 8.85. The summed E-state index contributed by atoms with van der Waals surface area (Å²) in [6.07, 6.45) is 7.36. The number of carbonyl (C=O) groups is 1. The number of nitrogens with zero attached hydrogens (tertiary/aromatic N) is 2. The van der Waals surface area contributed by atoms with Crippen molar-refractivity contribution in [3.05, 3.63) is 23.9 Å². The van der Waals surface area contributed by atoms with Crippen LogP contribution < -0.4 is 10.1 Å². The van der Waals surface area contributed by atoms with Crippen molar-refractivity contribution in [2.24, 2.45) is 0 Å². The molecule has 1 amide bonds.